The highest BCUT2D eigenvalue weighted by Gasteiger charge is 2.23. The Bertz CT molecular complexity index is 1630. The third kappa shape index (κ3) is 5.21. The number of aromatic nitrogens is 4. The Labute approximate surface area is 229 Å². The molecule has 5 aromatic rings. The summed E-state index contributed by atoms with van der Waals surface area (Å²) >= 11 is 1.25. The minimum Gasteiger partial charge on any atom is -0.497 e. The molecule has 0 aliphatic carbocycles. The molecule has 1 amide bonds. The molecular weight excluding hydrogens is 518 g/mol. The van der Waals surface area contributed by atoms with Crippen molar-refractivity contribution in [1.82, 2.24) is 19.7 Å². The number of nitrogens with one attached hydrogen (secondary N) is 2. The van der Waals surface area contributed by atoms with Crippen molar-refractivity contribution in [2.45, 2.75) is 5.16 Å². The predicted molar refractivity (Wildman–Crippen MR) is 151 cm³/mol. The molecule has 0 saturated carbocycles. The van der Waals surface area contributed by atoms with Crippen LogP contribution in [0.3, 0.4) is 0 Å². The van der Waals surface area contributed by atoms with Crippen molar-refractivity contribution in [2.75, 3.05) is 39.5 Å². The number of hydrogen-bond acceptors (Lipinski definition) is 8. The van der Waals surface area contributed by atoms with Gasteiger partial charge in [-0.15, -0.1) is 10.2 Å². The summed E-state index contributed by atoms with van der Waals surface area (Å²) in [5.41, 5.74) is 3.03. The first-order valence-electron chi connectivity index (χ1n) is 11.9. The molecule has 0 fully saturated rings. The largest absolute Gasteiger partial charge is 0.497 e. The van der Waals surface area contributed by atoms with E-state index in [0.717, 1.165) is 16.5 Å². The summed E-state index contributed by atoms with van der Waals surface area (Å²) in [6.45, 7) is 0. The first-order valence-corrected chi connectivity index (χ1v) is 12.9. The highest BCUT2D eigenvalue weighted by atomic mass is 32.2. The molecule has 0 saturated heterocycles. The average molecular weight is 546 g/mol. The molecular formula is C28H27N5O5S. The normalized spacial score (nSPS) is 10.9. The van der Waals surface area contributed by atoms with Crippen molar-refractivity contribution in [2.24, 2.45) is 0 Å². The van der Waals surface area contributed by atoms with Gasteiger partial charge in [0.2, 0.25) is 5.91 Å². The second-order valence-electron chi connectivity index (χ2n) is 8.33. The summed E-state index contributed by atoms with van der Waals surface area (Å²) in [7, 11) is 6.31. The van der Waals surface area contributed by atoms with Gasteiger partial charge in [-0.2, -0.15) is 0 Å². The number of methoxy groups -OCH3 is 4. The molecule has 0 aliphatic heterocycles. The van der Waals surface area contributed by atoms with E-state index in [-0.39, 0.29) is 11.7 Å². The quantitative estimate of drug-likeness (QED) is 0.231. The molecule has 0 unspecified atom stereocenters. The maximum absolute atomic E-state index is 13.0. The SMILES string of the molecule is COc1ccc(OC)c(NC(=O)CSc2nnc(-c3c[nH]c4ccccc34)n2-c2cc(OC)ccc2OC)c1. The molecule has 0 atom stereocenters. The number of para-hydroxylation sites is 1. The van der Waals surface area contributed by atoms with Crippen LogP contribution in [0.5, 0.6) is 23.0 Å². The van der Waals surface area contributed by atoms with E-state index in [4.69, 9.17) is 18.9 Å². The van der Waals surface area contributed by atoms with E-state index in [1.54, 1.807) is 46.6 Å². The van der Waals surface area contributed by atoms with Crippen molar-refractivity contribution in [3.05, 3.63) is 66.9 Å². The second kappa shape index (κ2) is 11.4. The third-order valence-corrected chi connectivity index (χ3v) is 7.03. The van der Waals surface area contributed by atoms with E-state index >= 15 is 0 Å². The average Bonchev–Trinajstić information content (AvgIpc) is 3.59. The summed E-state index contributed by atoms with van der Waals surface area (Å²) in [5.74, 6) is 2.79. The lowest BCUT2D eigenvalue weighted by Gasteiger charge is -2.15. The summed E-state index contributed by atoms with van der Waals surface area (Å²) in [5, 5.41) is 13.4. The van der Waals surface area contributed by atoms with Gasteiger partial charge in [-0.25, -0.2) is 0 Å². The monoisotopic (exact) mass is 545 g/mol. The van der Waals surface area contributed by atoms with Crippen LogP contribution in [0.1, 0.15) is 0 Å². The molecule has 5 rings (SSSR count). The van der Waals surface area contributed by atoms with Crippen LogP contribution in [0.25, 0.3) is 28.0 Å². The number of hydrogen-bond donors (Lipinski definition) is 2. The molecule has 39 heavy (non-hydrogen) atoms. The van der Waals surface area contributed by atoms with Crippen LogP contribution in [0.2, 0.25) is 0 Å². The third-order valence-electron chi connectivity index (χ3n) is 6.10. The van der Waals surface area contributed by atoms with Gasteiger partial charge < -0.3 is 29.2 Å². The highest BCUT2D eigenvalue weighted by molar-refractivity contribution is 7.99. The number of rotatable bonds is 10. The summed E-state index contributed by atoms with van der Waals surface area (Å²) in [4.78, 5) is 16.3. The second-order valence-corrected chi connectivity index (χ2v) is 9.27. The van der Waals surface area contributed by atoms with Gasteiger partial charge in [0.15, 0.2) is 11.0 Å². The van der Waals surface area contributed by atoms with Gasteiger partial charge in [0.25, 0.3) is 0 Å². The van der Waals surface area contributed by atoms with E-state index in [2.05, 4.69) is 20.5 Å². The van der Waals surface area contributed by atoms with Crippen molar-refractivity contribution in [3.63, 3.8) is 0 Å². The van der Waals surface area contributed by atoms with Gasteiger partial charge in [0.1, 0.15) is 23.0 Å². The van der Waals surface area contributed by atoms with Crippen LogP contribution in [0.15, 0.2) is 72.0 Å². The van der Waals surface area contributed by atoms with Crippen molar-refractivity contribution in [3.8, 4) is 40.1 Å². The molecule has 2 aromatic heterocycles. The fourth-order valence-corrected chi connectivity index (χ4v) is 4.96. The van der Waals surface area contributed by atoms with Gasteiger partial charge in [0, 0.05) is 34.8 Å². The maximum atomic E-state index is 13.0. The Morgan fingerprint density at radius 2 is 1.62 bits per heavy atom. The van der Waals surface area contributed by atoms with Gasteiger partial charge >= 0.3 is 0 Å². The van der Waals surface area contributed by atoms with Gasteiger partial charge in [0.05, 0.1) is 45.6 Å². The Morgan fingerprint density at radius 3 is 2.36 bits per heavy atom. The van der Waals surface area contributed by atoms with Crippen LogP contribution >= 0.6 is 11.8 Å². The zero-order valence-electron chi connectivity index (χ0n) is 21.8. The van der Waals surface area contributed by atoms with E-state index in [1.807, 2.05) is 53.2 Å². The van der Waals surface area contributed by atoms with Crippen molar-refractivity contribution >= 4 is 34.3 Å². The molecule has 11 heteroatoms. The van der Waals surface area contributed by atoms with E-state index in [9.17, 15) is 4.79 Å². The molecule has 0 radical (unpaired) electrons. The molecule has 3 aromatic carbocycles. The molecule has 200 valence electrons. The van der Waals surface area contributed by atoms with Crippen molar-refractivity contribution < 1.29 is 23.7 Å². The lowest BCUT2D eigenvalue weighted by atomic mass is 10.1. The zero-order chi connectivity index (χ0) is 27.4. The van der Waals surface area contributed by atoms with Gasteiger partial charge in [-0.05, 0) is 30.3 Å². The molecule has 0 bridgehead atoms. The first-order chi connectivity index (χ1) is 19.1. The molecule has 0 spiro atoms. The number of nitrogens with zero attached hydrogens (tertiary/aromatic N) is 3. The molecule has 10 nitrogen and oxygen atoms in total. The lowest BCUT2D eigenvalue weighted by Crippen LogP contribution is -2.15. The van der Waals surface area contributed by atoms with E-state index in [0.29, 0.717) is 45.4 Å². The van der Waals surface area contributed by atoms with E-state index in [1.165, 1.54) is 11.8 Å². The number of ether oxygens (including phenoxy) is 4. The van der Waals surface area contributed by atoms with Crippen molar-refractivity contribution in [1.29, 1.82) is 0 Å². The number of amides is 1. The standard InChI is InChI=1S/C28H27N5O5S/c1-35-17-9-11-24(37-3)22(13-17)30-26(34)16-39-28-32-31-27(20-15-29-21-8-6-5-7-19(20)21)33(28)23-14-18(36-2)10-12-25(23)38-4/h5-15,29H,16H2,1-4H3,(H,30,34). The zero-order valence-corrected chi connectivity index (χ0v) is 22.7. The van der Waals surface area contributed by atoms with Crippen LogP contribution in [0, 0.1) is 0 Å². The fraction of sp³-hybridized carbons (Fsp3) is 0.179. The lowest BCUT2D eigenvalue weighted by molar-refractivity contribution is -0.113. The Balaban J connectivity index is 1.52. The Hall–Kier alpha value is -4.64. The van der Waals surface area contributed by atoms with Crippen LogP contribution in [0.4, 0.5) is 5.69 Å². The summed E-state index contributed by atoms with van der Waals surface area (Å²) in [6.07, 6.45) is 1.90. The van der Waals surface area contributed by atoms with E-state index < -0.39 is 0 Å². The summed E-state index contributed by atoms with van der Waals surface area (Å²) < 4.78 is 23.7. The van der Waals surface area contributed by atoms with Crippen LogP contribution in [-0.2, 0) is 4.79 Å². The Kier molecular flexibility index (Phi) is 7.60. The number of carbonyl (C=O) groups is 1. The smallest absolute Gasteiger partial charge is 0.234 e. The van der Waals surface area contributed by atoms with Gasteiger partial charge in [-0.3, -0.25) is 9.36 Å². The minimum absolute atomic E-state index is 0.0681. The topological polar surface area (TPSA) is 113 Å². The maximum Gasteiger partial charge on any atom is 0.234 e. The van der Waals surface area contributed by atoms with Gasteiger partial charge in [-0.1, -0.05) is 30.0 Å². The predicted octanol–water partition coefficient (Wildman–Crippen LogP) is 5.18. The summed E-state index contributed by atoms with van der Waals surface area (Å²) in [6, 6.07) is 18.7. The van der Waals surface area contributed by atoms with Crippen LogP contribution in [-0.4, -0.2) is 59.8 Å². The number of anilines is 1. The molecule has 2 heterocycles. The number of H-pyrrole nitrogens is 1. The van der Waals surface area contributed by atoms with Crippen LogP contribution < -0.4 is 24.3 Å². The molecule has 2 N–H and O–H groups in total. The Morgan fingerprint density at radius 1 is 0.897 bits per heavy atom. The number of benzene rings is 3. The number of fused-ring (bicyclic) bond motifs is 1. The number of carbonyl (C=O) groups excluding carboxylic acids is 1. The number of thioether (sulfide) groups is 1. The fourth-order valence-electron chi connectivity index (χ4n) is 4.21. The number of aromatic amines is 1. The first kappa shape index (κ1) is 26.0. The highest BCUT2D eigenvalue weighted by Crippen LogP contribution is 2.37. The molecule has 0 aliphatic rings. The minimum atomic E-state index is -0.243.